The summed E-state index contributed by atoms with van der Waals surface area (Å²) < 4.78 is 5.14. The van der Waals surface area contributed by atoms with Gasteiger partial charge in [-0.15, -0.1) is 0 Å². The Labute approximate surface area is 107 Å². The maximum atomic E-state index is 11.7. The molecule has 3 nitrogen and oxygen atoms in total. The number of esters is 1. The van der Waals surface area contributed by atoms with E-state index in [-0.39, 0.29) is 5.56 Å². The van der Waals surface area contributed by atoms with Gasteiger partial charge in [0, 0.05) is 5.69 Å². The first kappa shape index (κ1) is 13.8. The van der Waals surface area contributed by atoms with Gasteiger partial charge >= 0.3 is 5.97 Å². The number of halogens is 1. The van der Waals surface area contributed by atoms with Crippen LogP contribution in [-0.2, 0) is 4.74 Å². The van der Waals surface area contributed by atoms with E-state index in [0.29, 0.717) is 23.2 Å². The van der Waals surface area contributed by atoms with Crippen molar-refractivity contribution >= 4 is 23.3 Å². The van der Waals surface area contributed by atoms with Crippen LogP contribution in [0.4, 0.5) is 5.69 Å². The summed E-state index contributed by atoms with van der Waals surface area (Å²) in [4.78, 5) is 11.7. The standard InChI is InChI=1S/C13H18ClNO2/c1-9(2)5-4-8-17-13(16)12-10(14)6-3-7-11(12)15/h3,6-7,9H,4-5,8,15H2,1-2H3. The highest BCUT2D eigenvalue weighted by Gasteiger charge is 2.14. The smallest absolute Gasteiger partial charge is 0.341 e. The Morgan fingerprint density at radius 3 is 2.76 bits per heavy atom. The lowest BCUT2D eigenvalue weighted by atomic mass is 10.1. The summed E-state index contributed by atoms with van der Waals surface area (Å²) in [7, 11) is 0. The van der Waals surface area contributed by atoms with Crippen molar-refractivity contribution in [1.82, 2.24) is 0 Å². The molecule has 0 aliphatic rings. The number of nitrogen functional groups attached to an aromatic ring is 1. The van der Waals surface area contributed by atoms with E-state index in [9.17, 15) is 4.79 Å². The number of nitrogens with two attached hydrogens (primary N) is 1. The van der Waals surface area contributed by atoms with Crippen molar-refractivity contribution in [2.24, 2.45) is 5.92 Å². The fourth-order valence-corrected chi connectivity index (χ4v) is 1.74. The van der Waals surface area contributed by atoms with Gasteiger partial charge in [-0.05, 0) is 30.9 Å². The number of anilines is 1. The van der Waals surface area contributed by atoms with Crippen molar-refractivity contribution in [3.63, 3.8) is 0 Å². The van der Waals surface area contributed by atoms with Crippen molar-refractivity contribution in [3.05, 3.63) is 28.8 Å². The molecule has 0 radical (unpaired) electrons. The predicted octanol–water partition coefficient (Wildman–Crippen LogP) is 3.52. The summed E-state index contributed by atoms with van der Waals surface area (Å²) >= 11 is 5.91. The van der Waals surface area contributed by atoms with Crippen molar-refractivity contribution < 1.29 is 9.53 Å². The molecule has 0 aliphatic carbocycles. The second kappa shape index (κ2) is 6.50. The third-order valence-electron chi connectivity index (χ3n) is 2.41. The summed E-state index contributed by atoms with van der Waals surface area (Å²) in [6, 6.07) is 4.96. The van der Waals surface area contributed by atoms with Crippen LogP contribution in [0.5, 0.6) is 0 Å². The Balaban J connectivity index is 2.53. The Morgan fingerprint density at radius 1 is 1.47 bits per heavy atom. The fourth-order valence-electron chi connectivity index (χ4n) is 1.48. The monoisotopic (exact) mass is 255 g/mol. The van der Waals surface area contributed by atoms with E-state index in [1.807, 2.05) is 0 Å². The predicted molar refractivity (Wildman–Crippen MR) is 70.2 cm³/mol. The van der Waals surface area contributed by atoms with Crippen LogP contribution >= 0.6 is 11.6 Å². The first-order valence-electron chi connectivity index (χ1n) is 5.73. The van der Waals surface area contributed by atoms with E-state index in [4.69, 9.17) is 22.1 Å². The summed E-state index contributed by atoms with van der Waals surface area (Å²) in [5.41, 5.74) is 6.31. The molecule has 1 aromatic carbocycles. The third-order valence-corrected chi connectivity index (χ3v) is 2.72. The molecule has 0 heterocycles. The van der Waals surface area contributed by atoms with E-state index in [1.54, 1.807) is 18.2 Å². The number of carbonyl (C=O) groups excluding carboxylic acids is 1. The van der Waals surface area contributed by atoms with E-state index >= 15 is 0 Å². The summed E-state index contributed by atoms with van der Waals surface area (Å²) in [5.74, 6) is 0.163. The minimum atomic E-state index is -0.447. The highest BCUT2D eigenvalue weighted by molar-refractivity contribution is 6.34. The minimum Gasteiger partial charge on any atom is -0.462 e. The molecule has 0 atom stereocenters. The molecule has 0 saturated carbocycles. The van der Waals surface area contributed by atoms with Gasteiger partial charge in [-0.3, -0.25) is 0 Å². The van der Waals surface area contributed by atoms with Crippen LogP contribution in [-0.4, -0.2) is 12.6 Å². The highest BCUT2D eigenvalue weighted by Crippen LogP contribution is 2.22. The highest BCUT2D eigenvalue weighted by atomic mass is 35.5. The Hall–Kier alpha value is -1.22. The molecule has 0 fully saturated rings. The lowest BCUT2D eigenvalue weighted by Crippen LogP contribution is -2.10. The van der Waals surface area contributed by atoms with E-state index in [0.717, 1.165) is 12.8 Å². The van der Waals surface area contributed by atoms with Crippen molar-refractivity contribution in [2.75, 3.05) is 12.3 Å². The average molecular weight is 256 g/mol. The van der Waals surface area contributed by atoms with E-state index in [2.05, 4.69) is 13.8 Å². The fraction of sp³-hybridized carbons (Fsp3) is 0.462. The number of hydrogen-bond acceptors (Lipinski definition) is 3. The molecular weight excluding hydrogens is 238 g/mol. The lowest BCUT2D eigenvalue weighted by molar-refractivity contribution is 0.0496. The third kappa shape index (κ3) is 4.27. The molecule has 0 saturated heterocycles. The number of rotatable bonds is 5. The quantitative estimate of drug-likeness (QED) is 0.498. The van der Waals surface area contributed by atoms with Gasteiger partial charge < -0.3 is 10.5 Å². The number of benzene rings is 1. The number of carbonyl (C=O) groups is 1. The molecule has 17 heavy (non-hydrogen) atoms. The molecule has 94 valence electrons. The maximum Gasteiger partial charge on any atom is 0.341 e. The average Bonchev–Trinajstić information content (AvgIpc) is 2.24. The second-order valence-corrected chi connectivity index (χ2v) is 4.78. The van der Waals surface area contributed by atoms with E-state index in [1.165, 1.54) is 0 Å². The topological polar surface area (TPSA) is 52.3 Å². The summed E-state index contributed by atoms with van der Waals surface area (Å²) in [6.45, 7) is 4.67. The molecule has 0 unspecified atom stereocenters. The zero-order chi connectivity index (χ0) is 12.8. The van der Waals surface area contributed by atoms with Crippen LogP contribution in [0.25, 0.3) is 0 Å². The first-order valence-corrected chi connectivity index (χ1v) is 6.11. The molecular formula is C13H18ClNO2. The Bertz CT molecular complexity index is 371. The first-order chi connectivity index (χ1) is 8.02. The normalized spacial score (nSPS) is 10.6. The lowest BCUT2D eigenvalue weighted by Gasteiger charge is -2.09. The number of hydrogen-bond donors (Lipinski definition) is 1. The SMILES string of the molecule is CC(C)CCCOC(=O)c1c(N)cccc1Cl. The zero-order valence-corrected chi connectivity index (χ0v) is 11.0. The molecule has 0 bridgehead atoms. The minimum absolute atomic E-state index is 0.263. The summed E-state index contributed by atoms with van der Waals surface area (Å²) in [5, 5.41) is 0.332. The van der Waals surface area contributed by atoms with Gasteiger partial charge in [0.25, 0.3) is 0 Å². The van der Waals surface area contributed by atoms with Crippen LogP contribution < -0.4 is 5.73 Å². The zero-order valence-electron chi connectivity index (χ0n) is 10.2. The molecule has 1 rings (SSSR count). The Morgan fingerprint density at radius 2 is 2.18 bits per heavy atom. The molecule has 0 aliphatic heterocycles. The van der Waals surface area contributed by atoms with Crippen LogP contribution in [0.1, 0.15) is 37.0 Å². The molecule has 0 amide bonds. The maximum absolute atomic E-state index is 11.7. The second-order valence-electron chi connectivity index (χ2n) is 4.38. The van der Waals surface area contributed by atoms with Gasteiger partial charge in [0.2, 0.25) is 0 Å². The van der Waals surface area contributed by atoms with E-state index < -0.39 is 5.97 Å². The molecule has 1 aromatic rings. The van der Waals surface area contributed by atoms with Crippen molar-refractivity contribution in [1.29, 1.82) is 0 Å². The van der Waals surface area contributed by atoms with Crippen LogP contribution in [0.3, 0.4) is 0 Å². The van der Waals surface area contributed by atoms with Gasteiger partial charge in [-0.25, -0.2) is 4.79 Å². The molecule has 4 heteroatoms. The number of ether oxygens (including phenoxy) is 1. The van der Waals surface area contributed by atoms with Crippen LogP contribution in [0, 0.1) is 5.92 Å². The molecule has 0 aromatic heterocycles. The molecule has 2 N–H and O–H groups in total. The van der Waals surface area contributed by atoms with Crippen LogP contribution in [0.2, 0.25) is 5.02 Å². The van der Waals surface area contributed by atoms with Crippen LogP contribution in [0.15, 0.2) is 18.2 Å². The van der Waals surface area contributed by atoms with Gasteiger partial charge in [-0.1, -0.05) is 31.5 Å². The van der Waals surface area contributed by atoms with Gasteiger partial charge in [0.05, 0.1) is 11.6 Å². The van der Waals surface area contributed by atoms with Gasteiger partial charge in [0.1, 0.15) is 5.56 Å². The van der Waals surface area contributed by atoms with Gasteiger partial charge in [0.15, 0.2) is 0 Å². The largest absolute Gasteiger partial charge is 0.462 e. The Kier molecular flexibility index (Phi) is 5.29. The van der Waals surface area contributed by atoms with Gasteiger partial charge in [-0.2, -0.15) is 0 Å². The van der Waals surface area contributed by atoms with Crippen molar-refractivity contribution in [3.8, 4) is 0 Å². The van der Waals surface area contributed by atoms with Crippen molar-refractivity contribution in [2.45, 2.75) is 26.7 Å². The summed E-state index contributed by atoms with van der Waals surface area (Å²) in [6.07, 6.45) is 1.89. The molecule has 0 spiro atoms.